The molecule has 3 rings (SSSR count). The molecule has 1 aliphatic rings. The largest absolute Gasteiger partial charge is 0.486 e. The van der Waals surface area contributed by atoms with E-state index in [0.717, 1.165) is 21.3 Å². The van der Waals surface area contributed by atoms with Gasteiger partial charge in [-0.1, -0.05) is 53.2 Å². The lowest BCUT2D eigenvalue weighted by atomic mass is 9.90. The molecule has 21 heavy (non-hydrogen) atoms. The van der Waals surface area contributed by atoms with Gasteiger partial charge in [0, 0.05) is 10.4 Å². The highest BCUT2D eigenvalue weighted by molar-refractivity contribution is 9.10. The van der Waals surface area contributed by atoms with Crippen molar-refractivity contribution in [3.63, 3.8) is 0 Å². The number of hydrogen-bond acceptors (Lipinski definition) is 3. The molecule has 0 aromatic heterocycles. The number of benzene rings is 2. The van der Waals surface area contributed by atoms with Crippen molar-refractivity contribution in [3.05, 3.63) is 58.1 Å². The summed E-state index contributed by atoms with van der Waals surface area (Å²) in [4.78, 5) is 0. The molecule has 4 heteroatoms. The average Bonchev–Trinajstić information content (AvgIpc) is 2.53. The van der Waals surface area contributed by atoms with Crippen LogP contribution in [0.2, 0.25) is 0 Å². The van der Waals surface area contributed by atoms with Crippen molar-refractivity contribution in [2.45, 2.75) is 18.9 Å². The quantitative estimate of drug-likeness (QED) is 0.908. The molecule has 2 aromatic carbocycles. The minimum atomic E-state index is -0.613. The summed E-state index contributed by atoms with van der Waals surface area (Å²) in [5.41, 5.74) is 1.92. The van der Waals surface area contributed by atoms with E-state index in [0.29, 0.717) is 19.0 Å². The van der Waals surface area contributed by atoms with Crippen LogP contribution >= 0.6 is 15.9 Å². The van der Waals surface area contributed by atoms with Crippen molar-refractivity contribution in [2.75, 3.05) is 13.2 Å². The van der Waals surface area contributed by atoms with E-state index in [4.69, 9.17) is 9.47 Å². The maximum absolute atomic E-state index is 10.7. The minimum absolute atomic E-state index is 0.00920. The molecule has 0 saturated carbocycles. The lowest BCUT2D eigenvalue weighted by molar-refractivity contribution is 0.147. The van der Waals surface area contributed by atoms with Gasteiger partial charge in [0.25, 0.3) is 0 Å². The molecule has 3 nitrogen and oxygen atoms in total. The van der Waals surface area contributed by atoms with Crippen LogP contribution in [-0.4, -0.2) is 18.3 Å². The predicted molar refractivity (Wildman–Crippen MR) is 84.9 cm³/mol. The molecule has 0 spiro atoms. The summed E-state index contributed by atoms with van der Waals surface area (Å²) in [5, 5.41) is 10.7. The Labute approximate surface area is 132 Å². The molecule has 1 heterocycles. The van der Waals surface area contributed by atoms with Gasteiger partial charge in [-0.3, -0.25) is 0 Å². The van der Waals surface area contributed by atoms with Crippen LogP contribution in [0.15, 0.2) is 46.9 Å². The van der Waals surface area contributed by atoms with E-state index in [1.54, 1.807) is 0 Å². The second-order valence-electron chi connectivity index (χ2n) is 5.16. The van der Waals surface area contributed by atoms with Gasteiger partial charge in [0.1, 0.15) is 13.2 Å². The molecule has 0 aliphatic carbocycles. The number of hydrogen-bond donors (Lipinski definition) is 1. The van der Waals surface area contributed by atoms with Crippen molar-refractivity contribution in [3.8, 4) is 11.5 Å². The van der Waals surface area contributed by atoms with Crippen LogP contribution in [0.4, 0.5) is 0 Å². The van der Waals surface area contributed by atoms with Gasteiger partial charge in [-0.25, -0.2) is 0 Å². The highest BCUT2D eigenvalue weighted by Crippen LogP contribution is 2.41. The number of fused-ring (bicyclic) bond motifs is 1. The first-order valence-corrected chi connectivity index (χ1v) is 7.78. The van der Waals surface area contributed by atoms with Gasteiger partial charge in [-0.05, 0) is 23.3 Å². The number of rotatable bonds is 3. The first-order chi connectivity index (χ1) is 10.2. The monoisotopic (exact) mass is 348 g/mol. The van der Waals surface area contributed by atoms with Crippen LogP contribution in [0.3, 0.4) is 0 Å². The average molecular weight is 349 g/mol. The zero-order valence-electron chi connectivity index (χ0n) is 11.8. The third-order valence-electron chi connectivity index (χ3n) is 3.78. The standard InChI is InChI=1S/C17H17BrO3/c1-11(12-5-3-2-4-6-12)17(19)13-9-15-16(10-14(13)18)21-8-7-20-15/h2-6,9-11,17,19H,7-8H2,1H3. The van der Waals surface area contributed by atoms with Gasteiger partial charge >= 0.3 is 0 Å². The number of aliphatic hydroxyl groups is 1. The normalized spacial score (nSPS) is 16.3. The maximum Gasteiger partial charge on any atom is 0.162 e. The number of halogens is 1. The first kappa shape index (κ1) is 14.4. The van der Waals surface area contributed by atoms with E-state index < -0.39 is 6.10 Å². The van der Waals surface area contributed by atoms with Crippen LogP contribution in [0.5, 0.6) is 11.5 Å². The SMILES string of the molecule is CC(c1ccccc1)C(O)c1cc2c(cc1Br)OCCO2. The summed E-state index contributed by atoms with van der Waals surface area (Å²) in [7, 11) is 0. The zero-order valence-corrected chi connectivity index (χ0v) is 13.3. The van der Waals surface area contributed by atoms with E-state index in [1.807, 2.05) is 49.4 Å². The molecule has 0 saturated heterocycles. The molecule has 2 atom stereocenters. The van der Waals surface area contributed by atoms with Crippen molar-refractivity contribution >= 4 is 15.9 Å². The first-order valence-electron chi connectivity index (χ1n) is 6.99. The molecule has 0 amide bonds. The highest BCUT2D eigenvalue weighted by Gasteiger charge is 2.23. The second kappa shape index (κ2) is 6.08. The van der Waals surface area contributed by atoms with Crippen LogP contribution in [0, 0.1) is 0 Å². The molecule has 0 radical (unpaired) electrons. The molecular weight excluding hydrogens is 332 g/mol. The summed E-state index contributed by atoms with van der Waals surface area (Å²) < 4.78 is 12.0. The molecular formula is C17H17BrO3. The molecule has 110 valence electrons. The van der Waals surface area contributed by atoms with Crippen LogP contribution < -0.4 is 9.47 Å². The van der Waals surface area contributed by atoms with Gasteiger partial charge < -0.3 is 14.6 Å². The Morgan fingerprint density at radius 3 is 2.33 bits per heavy atom. The number of ether oxygens (including phenoxy) is 2. The van der Waals surface area contributed by atoms with E-state index in [1.165, 1.54) is 0 Å². The molecule has 2 unspecified atom stereocenters. The number of aliphatic hydroxyl groups excluding tert-OH is 1. The summed E-state index contributed by atoms with van der Waals surface area (Å²) in [6, 6.07) is 13.7. The smallest absolute Gasteiger partial charge is 0.162 e. The van der Waals surface area contributed by atoms with Gasteiger partial charge in [0.15, 0.2) is 11.5 Å². The molecule has 0 bridgehead atoms. The van der Waals surface area contributed by atoms with Crippen molar-refractivity contribution < 1.29 is 14.6 Å². The zero-order chi connectivity index (χ0) is 14.8. The summed E-state index contributed by atoms with van der Waals surface area (Å²) in [6.07, 6.45) is -0.613. The molecule has 2 aromatic rings. The van der Waals surface area contributed by atoms with Crippen LogP contribution in [0.25, 0.3) is 0 Å². The second-order valence-corrected chi connectivity index (χ2v) is 6.02. The maximum atomic E-state index is 10.7. The van der Waals surface area contributed by atoms with Crippen molar-refractivity contribution in [2.24, 2.45) is 0 Å². The molecule has 1 N–H and O–H groups in total. The Hall–Kier alpha value is -1.52. The topological polar surface area (TPSA) is 38.7 Å². The van der Waals surface area contributed by atoms with Gasteiger partial charge in [-0.15, -0.1) is 0 Å². The summed E-state index contributed by atoms with van der Waals surface area (Å²) in [6.45, 7) is 3.11. The van der Waals surface area contributed by atoms with Gasteiger partial charge in [0.05, 0.1) is 6.10 Å². The Bertz CT molecular complexity index is 627. The lowest BCUT2D eigenvalue weighted by Crippen LogP contribution is -2.16. The Morgan fingerprint density at radius 2 is 1.67 bits per heavy atom. The minimum Gasteiger partial charge on any atom is -0.486 e. The molecule has 0 fully saturated rings. The Kier molecular flexibility index (Phi) is 4.17. The highest BCUT2D eigenvalue weighted by atomic mass is 79.9. The fraction of sp³-hybridized carbons (Fsp3) is 0.294. The lowest BCUT2D eigenvalue weighted by Gasteiger charge is -2.24. The van der Waals surface area contributed by atoms with E-state index >= 15 is 0 Å². The van der Waals surface area contributed by atoms with Crippen molar-refractivity contribution in [1.82, 2.24) is 0 Å². The Morgan fingerprint density at radius 1 is 1.05 bits per heavy atom. The van der Waals surface area contributed by atoms with Crippen LogP contribution in [-0.2, 0) is 0 Å². The predicted octanol–water partition coefficient (Wildman–Crippen LogP) is 4.06. The third kappa shape index (κ3) is 2.92. The fourth-order valence-corrected chi connectivity index (χ4v) is 3.07. The fourth-order valence-electron chi connectivity index (χ4n) is 2.51. The third-order valence-corrected chi connectivity index (χ3v) is 4.47. The van der Waals surface area contributed by atoms with Gasteiger partial charge in [-0.2, -0.15) is 0 Å². The van der Waals surface area contributed by atoms with E-state index in [9.17, 15) is 5.11 Å². The summed E-state index contributed by atoms with van der Waals surface area (Å²) in [5.74, 6) is 1.40. The van der Waals surface area contributed by atoms with E-state index in [2.05, 4.69) is 15.9 Å². The molecule has 1 aliphatic heterocycles. The summed E-state index contributed by atoms with van der Waals surface area (Å²) >= 11 is 3.52. The Balaban J connectivity index is 1.92. The van der Waals surface area contributed by atoms with Crippen molar-refractivity contribution in [1.29, 1.82) is 0 Å². The van der Waals surface area contributed by atoms with Gasteiger partial charge in [0.2, 0.25) is 0 Å². The van der Waals surface area contributed by atoms with Crippen LogP contribution in [0.1, 0.15) is 30.1 Å². The van der Waals surface area contributed by atoms with E-state index in [-0.39, 0.29) is 5.92 Å².